The molecule has 0 bridgehead atoms. The maximum atomic E-state index is 11.7. The lowest BCUT2D eigenvalue weighted by molar-refractivity contribution is 0.0255. The van der Waals surface area contributed by atoms with Crippen LogP contribution >= 0.6 is 0 Å². The number of aliphatic hydroxyl groups excluding tert-OH is 1. The lowest BCUT2D eigenvalue weighted by Gasteiger charge is -2.36. The first-order valence-electron chi connectivity index (χ1n) is 12.7. The maximum absolute atomic E-state index is 11.7. The molecule has 2 heteroatoms. The van der Waals surface area contributed by atoms with E-state index in [4.69, 9.17) is 0 Å². The van der Waals surface area contributed by atoms with Gasteiger partial charge in [0.2, 0.25) is 0 Å². The van der Waals surface area contributed by atoms with Gasteiger partial charge in [0.25, 0.3) is 0 Å². The predicted molar refractivity (Wildman–Crippen MR) is 146 cm³/mol. The molecule has 1 N–H and O–H groups in total. The van der Waals surface area contributed by atoms with Crippen LogP contribution < -0.4 is 0 Å². The molecule has 0 fully saturated rings. The fourth-order valence-electron chi connectivity index (χ4n) is 4.96. The highest BCUT2D eigenvalue weighted by atomic mass is 16.3. The molecule has 3 atom stereocenters. The third-order valence-electron chi connectivity index (χ3n) is 6.73. The highest BCUT2D eigenvalue weighted by molar-refractivity contribution is 5.20. The van der Waals surface area contributed by atoms with Crippen LogP contribution in [0.5, 0.6) is 0 Å². The highest BCUT2D eigenvalue weighted by Crippen LogP contribution is 2.24. The van der Waals surface area contributed by atoms with E-state index in [0.717, 1.165) is 32.4 Å². The Balaban J connectivity index is 1.58. The molecule has 0 radical (unpaired) electrons. The molecule has 4 rings (SSSR count). The number of aliphatic hydroxyl groups is 1. The van der Waals surface area contributed by atoms with Gasteiger partial charge in [-0.1, -0.05) is 128 Å². The minimum absolute atomic E-state index is 0.0102. The predicted octanol–water partition coefficient (Wildman–Crippen LogP) is 6.93. The lowest BCUT2D eigenvalue weighted by atomic mass is 9.89. The third kappa shape index (κ3) is 7.92. The minimum atomic E-state index is -0.429. The van der Waals surface area contributed by atoms with Crippen molar-refractivity contribution in [2.45, 2.75) is 51.4 Å². The van der Waals surface area contributed by atoms with Crippen molar-refractivity contribution in [2.75, 3.05) is 0 Å². The van der Waals surface area contributed by atoms with Crippen LogP contribution in [0.2, 0.25) is 0 Å². The van der Waals surface area contributed by atoms with Crippen molar-refractivity contribution in [2.24, 2.45) is 5.92 Å². The molecule has 0 unspecified atom stereocenters. The number of nitrogens with zero attached hydrogens (tertiary/aromatic N) is 1. The van der Waals surface area contributed by atoms with Crippen LogP contribution in [-0.4, -0.2) is 22.2 Å². The first-order valence-corrected chi connectivity index (χ1v) is 12.7. The number of hydrogen-bond donors (Lipinski definition) is 1. The summed E-state index contributed by atoms with van der Waals surface area (Å²) in [5, 5.41) is 11.7. The molecule has 0 saturated heterocycles. The van der Waals surface area contributed by atoms with E-state index in [0.29, 0.717) is 5.92 Å². The third-order valence-corrected chi connectivity index (χ3v) is 6.73. The quantitative estimate of drug-likeness (QED) is 0.246. The topological polar surface area (TPSA) is 23.5 Å². The van der Waals surface area contributed by atoms with Crippen LogP contribution in [-0.2, 0) is 25.9 Å². The van der Waals surface area contributed by atoms with Gasteiger partial charge in [-0.15, -0.1) is 0 Å². The van der Waals surface area contributed by atoms with Crippen molar-refractivity contribution >= 4 is 0 Å². The fourth-order valence-corrected chi connectivity index (χ4v) is 4.96. The second kappa shape index (κ2) is 13.0. The van der Waals surface area contributed by atoms with Crippen LogP contribution in [0.1, 0.15) is 35.6 Å². The molecule has 0 aromatic heterocycles. The Labute approximate surface area is 210 Å². The summed E-state index contributed by atoms with van der Waals surface area (Å²) in [5.41, 5.74) is 5.13. The zero-order chi connectivity index (χ0) is 24.3. The summed E-state index contributed by atoms with van der Waals surface area (Å²) < 4.78 is 0. The SMILES string of the molecule is C[C@@H](Cc1ccccc1)C[C@H](O)[C@H](Cc1ccccc1)N(Cc1ccccc1)Cc1ccccc1. The summed E-state index contributed by atoms with van der Waals surface area (Å²) in [6.07, 6.45) is 2.14. The molecule has 4 aromatic rings. The van der Waals surface area contributed by atoms with Crippen LogP contribution in [0.15, 0.2) is 121 Å². The summed E-state index contributed by atoms with van der Waals surface area (Å²) in [6, 6.07) is 42.5. The van der Waals surface area contributed by atoms with Gasteiger partial charge >= 0.3 is 0 Å². The maximum Gasteiger partial charge on any atom is 0.0701 e. The largest absolute Gasteiger partial charge is 0.391 e. The molecule has 0 heterocycles. The molecule has 180 valence electrons. The van der Waals surface area contributed by atoms with Gasteiger partial charge in [0, 0.05) is 19.1 Å². The van der Waals surface area contributed by atoms with Gasteiger partial charge in [-0.3, -0.25) is 4.90 Å². The van der Waals surface area contributed by atoms with Crippen molar-refractivity contribution in [1.29, 1.82) is 0 Å². The van der Waals surface area contributed by atoms with E-state index in [9.17, 15) is 5.11 Å². The van der Waals surface area contributed by atoms with Crippen molar-refractivity contribution < 1.29 is 5.11 Å². The van der Waals surface area contributed by atoms with E-state index in [2.05, 4.69) is 133 Å². The Bertz CT molecular complexity index is 1060. The van der Waals surface area contributed by atoms with Gasteiger partial charge < -0.3 is 5.11 Å². The Hall–Kier alpha value is -3.20. The number of benzene rings is 4. The monoisotopic (exact) mass is 463 g/mol. The van der Waals surface area contributed by atoms with E-state index in [1.165, 1.54) is 22.3 Å². The molecular weight excluding hydrogens is 426 g/mol. The Morgan fingerprint density at radius 2 is 0.914 bits per heavy atom. The zero-order valence-electron chi connectivity index (χ0n) is 20.7. The summed E-state index contributed by atoms with van der Waals surface area (Å²) in [7, 11) is 0. The Kier molecular flexibility index (Phi) is 9.28. The van der Waals surface area contributed by atoms with Gasteiger partial charge in [0.15, 0.2) is 0 Å². The normalized spacial score (nSPS) is 13.9. The second-order valence-electron chi connectivity index (χ2n) is 9.73. The average molecular weight is 464 g/mol. The Morgan fingerprint density at radius 3 is 1.34 bits per heavy atom. The van der Waals surface area contributed by atoms with Gasteiger partial charge in [0.1, 0.15) is 0 Å². The minimum Gasteiger partial charge on any atom is -0.391 e. The first kappa shape index (κ1) is 24.9. The molecule has 0 aliphatic carbocycles. The summed E-state index contributed by atoms with van der Waals surface area (Å²) in [5.74, 6) is 0.390. The molecule has 0 spiro atoms. The fraction of sp³-hybridized carbons (Fsp3) is 0.273. The molecule has 0 amide bonds. The number of rotatable bonds is 12. The smallest absolute Gasteiger partial charge is 0.0701 e. The van der Waals surface area contributed by atoms with Crippen LogP contribution in [0.3, 0.4) is 0 Å². The van der Waals surface area contributed by atoms with Crippen LogP contribution in [0.4, 0.5) is 0 Å². The second-order valence-corrected chi connectivity index (χ2v) is 9.73. The molecular formula is C33H37NO. The average Bonchev–Trinajstić information content (AvgIpc) is 2.89. The van der Waals surface area contributed by atoms with Crippen molar-refractivity contribution in [3.63, 3.8) is 0 Å². The molecule has 0 aliphatic heterocycles. The molecule has 35 heavy (non-hydrogen) atoms. The summed E-state index contributed by atoms with van der Waals surface area (Å²) in [4.78, 5) is 2.47. The van der Waals surface area contributed by atoms with E-state index >= 15 is 0 Å². The molecule has 0 aliphatic rings. The zero-order valence-corrected chi connectivity index (χ0v) is 20.7. The van der Waals surface area contributed by atoms with Gasteiger partial charge in [-0.25, -0.2) is 0 Å². The van der Waals surface area contributed by atoms with Crippen LogP contribution in [0, 0.1) is 5.92 Å². The van der Waals surface area contributed by atoms with E-state index < -0.39 is 6.10 Å². The van der Waals surface area contributed by atoms with E-state index in [1.54, 1.807) is 0 Å². The van der Waals surface area contributed by atoms with Crippen molar-refractivity contribution in [3.8, 4) is 0 Å². The Morgan fingerprint density at radius 1 is 0.543 bits per heavy atom. The first-order chi connectivity index (χ1) is 17.2. The lowest BCUT2D eigenvalue weighted by Crippen LogP contribution is -2.45. The standard InChI is InChI=1S/C33H37NO/c1-27(22-28-14-6-2-7-15-28)23-33(35)32(24-29-16-8-3-9-17-29)34(25-30-18-10-4-11-19-30)26-31-20-12-5-13-21-31/h2-21,27,32-33,35H,22-26H2,1H3/t27-,32-,33-/m0/s1. The van der Waals surface area contributed by atoms with Crippen molar-refractivity contribution in [3.05, 3.63) is 144 Å². The summed E-state index contributed by atoms with van der Waals surface area (Å²) >= 11 is 0. The molecule has 0 saturated carbocycles. The van der Waals surface area contributed by atoms with E-state index in [-0.39, 0.29) is 6.04 Å². The van der Waals surface area contributed by atoms with Crippen molar-refractivity contribution in [1.82, 2.24) is 4.90 Å². The van der Waals surface area contributed by atoms with Gasteiger partial charge in [-0.2, -0.15) is 0 Å². The van der Waals surface area contributed by atoms with E-state index in [1.807, 2.05) is 0 Å². The molecule has 2 nitrogen and oxygen atoms in total. The molecule has 4 aromatic carbocycles. The highest BCUT2D eigenvalue weighted by Gasteiger charge is 2.28. The van der Waals surface area contributed by atoms with Crippen LogP contribution in [0.25, 0.3) is 0 Å². The van der Waals surface area contributed by atoms with Gasteiger partial charge in [0.05, 0.1) is 6.10 Å². The number of hydrogen-bond acceptors (Lipinski definition) is 2. The summed E-state index contributed by atoms with van der Waals surface area (Å²) in [6.45, 7) is 3.86. The van der Waals surface area contributed by atoms with Gasteiger partial charge in [-0.05, 0) is 47.4 Å².